The molecule has 0 unspecified atom stereocenters. The molecule has 0 radical (unpaired) electrons. The van der Waals surface area contributed by atoms with Gasteiger partial charge in [-0.1, -0.05) is 0 Å². The summed E-state index contributed by atoms with van der Waals surface area (Å²) in [5.74, 6) is -1.32. The molecule has 0 aliphatic rings. The van der Waals surface area contributed by atoms with E-state index in [-0.39, 0.29) is 11.3 Å². The van der Waals surface area contributed by atoms with Crippen molar-refractivity contribution in [2.24, 2.45) is 0 Å². The molecule has 6 nitrogen and oxygen atoms in total. The minimum atomic E-state index is -4.61. The van der Waals surface area contributed by atoms with E-state index in [4.69, 9.17) is 4.74 Å². The van der Waals surface area contributed by atoms with Gasteiger partial charge in [-0.05, 0) is 82.0 Å². The molecule has 2 N–H and O–H groups in total. The summed E-state index contributed by atoms with van der Waals surface area (Å²) in [6, 6.07) is 6.47. The van der Waals surface area contributed by atoms with E-state index in [1.54, 1.807) is 20.8 Å². The zero-order valence-electron chi connectivity index (χ0n) is 19.4. The third kappa shape index (κ3) is 8.24. The van der Waals surface area contributed by atoms with Gasteiger partial charge in [-0.25, -0.2) is 14.0 Å². The van der Waals surface area contributed by atoms with Crippen molar-refractivity contribution in [3.8, 4) is 0 Å². The van der Waals surface area contributed by atoms with E-state index in [9.17, 15) is 27.2 Å². The number of ether oxygens (including phenoxy) is 2. The van der Waals surface area contributed by atoms with Crippen LogP contribution in [0.2, 0.25) is 0 Å². The number of carbonyl (C=O) groups is 2. The highest BCUT2D eigenvalue weighted by atomic mass is 19.4. The lowest BCUT2D eigenvalue weighted by atomic mass is 10.0. The molecule has 2 aromatic rings. The van der Waals surface area contributed by atoms with Gasteiger partial charge in [0.25, 0.3) is 0 Å². The predicted octanol–water partition coefficient (Wildman–Crippen LogP) is 6.22. The Bertz CT molecular complexity index is 1020. The first-order valence-corrected chi connectivity index (χ1v) is 10.6. The van der Waals surface area contributed by atoms with E-state index in [1.807, 2.05) is 0 Å². The van der Waals surface area contributed by atoms with Crippen molar-refractivity contribution >= 4 is 23.4 Å². The van der Waals surface area contributed by atoms with Crippen LogP contribution in [0.5, 0.6) is 0 Å². The normalized spacial score (nSPS) is 11.6. The number of alkyl halides is 3. The molecule has 0 aliphatic carbocycles. The fourth-order valence-electron chi connectivity index (χ4n) is 3.09. The molecule has 1 amide bonds. The largest absolute Gasteiger partial charge is 0.465 e. The van der Waals surface area contributed by atoms with Crippen LogP contribution in [0.3, 0.4) is 0 Å². The molecular weight excluding hydrogens is 456 g/mol. The lowest BCUT2D eigenvalue weighted by molar-refractivity contribution is -0.137. The number of halogens is 4. The zero-order valence-corrected chi connectivity index (χ0v) is 19.4. The summed E-state index contributed by atoms with van der Waals surface area (Å²) >= 11 is 0. The SMILES string of the molecule is COC(=O)c1ccc(C(F)(F)F)cc1Nc1ccc(F)cc1CCCCNC(=O)OC(C)(C)C. The Morgan fingerprint density at radius 2 is 1.68 bits per heavy atom. The number of rotatable bonds is 8. The molecule has 0 saturated carbocycles. The molecule has 0 aromatic heterocycles. The average Bonchev–Trinajstić information content (AvgIpc) is 2.72. The monoisotopic (exact) mass is 484 g/mol. The van der Waals surface area contributed by atoms with Crippen molar-refractivity contribution in [1.29, 1.82) is 0 Å². The molecule has 2 aromatic carbocycles. The van der Waals surface area contributed by atoms with E-state index >= 15 is 0 Å². The minimum Gasteiger partial charge on any atom is -0.465 e. The van der Waals surface area contributed by atoms with Gasteiger partial charge in [0.15, 0.2) is 0 Å². The highest BCUT2D eigenvalue weighted by Gasteiger charge is 2.31. The van der Waals surface area contributed by atoms with Crippen LogP contribution in [0, 0.1) is 5.82 Å². The fourth-order valence-corrected chi connectivity index (χ4v) is 3.09. The number of benzene rings is 2. The number of nitrogens with one attached hydrogen (secondary N) is 2. The van der Waals surface area contributed by atoms with Crippen molar-refractivity contribution in [3.63, 3.8) is 0 Å². The maximum absolute atomic E-state index is 13.9. The summed E-state index contributed by atoms with van der Waals surface area (Å²) in [5.41, 5.74) is -0.900. The molecule has 0 heterocycles. The number of hydrogen-bond acceptors (Lipinski definition) is 5. The summed E-state index contributed by atoms with van der Waals surface area (Å²) < 4.78 is 63.3. The fraction of sp³-hybridized carbons (Fsp3) is 0.417. The second-order valence-corrected chi connectivity index (χ2v) is 8.56. The van der Waals surface area contributed by atoms with E-state index in [0.29, 0.717) is 37.1 Å². The summed E-state index contributed by atoms with van der Waals surface area (Å²) in [7, 11) is 1.12. The second kappa shape index (κ2) is 11.2. The lowest BCUT2D eigenvalue weighted by Crippen LogP contribution is -2.33. The Labute approximate surface area is 195 Å². The molecule has 0 spiro atoms. The van der Waals surface area contributed by atoms with Gasteiger partial charge in [0.1, 0.15) is 11.4 Å². The van der Waals surface area contributed by atoms with Gasteiger partial charge >= 0.3 is 18.2 Å². The number of carbonyl (C=O) groups excluding carboxylic acids is 2. The minimum absolute atomic E-state index is 0.0904. The molecular formula is C24H28F4N2O4. The first-order chi connectivity index (χ1) is 15.8. The van der Waals surface area contributed by atoms with Gasteiger partial charge in [-0.3, -0.25) is 0 Å². The average molecular weight is 484 g/mol. The third-order valence-electron chi connectivity index (χ3n) is 4.63. The van der Waals surface area contributed by atoms with Gasteiger partial charge in [0.05, 0.1) is 23.9 Å². The summed E-state index contributed by atoms with van der Waals surface area (Å²) in [5, 5.41) is 5.45. The molecule has 10 heteroatoms. The van der Waals surface area contributed by atoms with E-state index in [1.165, 1.54) is 18.2 Å². The Morgan fingerprint density at radius 3 is 2.29 bits per heavy atom. The van der Waals surface area contributed by atoms with Crippen LogP contribution in [0.25, 0.3) is 0 Å². The lowest BCUT2D eigenvalue weighted by Gasteiger charge is -2.19. The number of esters is 1. The number of methoxy groups -OCH3 is 1. The van der Waals surface area contributed by atoms with Gasteiger partial charge in [-0.15, -0.1) is 0 Å². The van der Waals surface area contributed by atoms with E-state index in [2.05, 4.69) is 15.4 Å². The molecule has 0 bridgehead atoms. The number of aryl methyl sites for hydroxylation is 1. The van der Waals surface area contributed by atoms with E-state index in [0.717, 1.165) is 25.3 Å². The van der Waals surface area contributed by atoms with Crippen molar-refractivity contribution in [2.75, 3.05) is 19.0 Å². The van der Waals surface area contributed by atoms with Crippen molar-refractivity contribution in [2.45, 2.75) is 51.8 Å². The van der Waals surface area contributed by atoms with Crippen LogP contribution in [-0.4, -0.2) is 31.3 Å². The van der Waals surface area contributed by atoms with Gasteiger partial charge in [-0.2, -0.15) is 13.2 Å². The van der Waals surface area contributed by atoms with Crippen LogP contribution < -0.4 is 10.6 Å². The Kier molecular flexibility index (Phi) is 8.89. The molecule has 0 atom stereocenters. The van der Waals surface area contributed by atoms with Crippen molar-refractivity contribution < 1.29 is 36.6 Å². The maximum Gasteiger partial charge on any atom is 0.416 e. The van der Waals surface area contributed by atoms with Gasteiger partial charge in [0.2, 0.25) is 0 Å². The van der Waals surface area contributed by atoms with Crippen LogP contribution in [0.15, 0.2) is 36.4 Å². The number of anilines is 2. The van der Waals surface area contributed by atoms with Crippen molar-refractivity contribution in [1.82, 2.24) is 5.32 Å². The summed E-state index contributed by atoms with van der Waals surface area (Å²) in [6.45, 7) is 5.59. The smallest absolute Gasteiger partial charge is 0.416 e. The number of hydrogen-bond donors (Lipinski definition) is 2. The highest BCUT2D eigenvalue weighted by Crippen LogP contribution is 2.34. The second-order valence-electron chi connectivity index (χ2n) is 8.56. The Morgan fingerprint density at radius 1 is 0.971 bits per heavy atom. The quantitative estimate of drug-likeness (QED) is 0.264. The molecule has 0 aliphatic heterocycles. The first-order valence-electron chi connectivity index (χ1n) is 10.6. The number of alkyl carbamates (subject to hydrolysis) is 1. The topological polar surface area (TPSA) is 76.7 Å². The zero-order chi connectivity index (χ0) is 25.5. The molecule has 0 fully saturated rings. The van der Waals surface area contributed by atoms with Crippen molar-refractivity contribution in [3.05, 3.63) is 58.9 Å². The van der Waals surface area contributed by atoms with E-state index < -0.39 is 35.2 Å². The summed E-state index contributed by atoms with van der Waals surface area (Å²) in [6.07, 6.45) is -3.66. The Hall–Kier alpha value is -3.30. The number of unbranched alkanes of at least 4 members (excludes halogenated alkanes) is 1. The maximum atomic E-state index is 13.9. The standard InChI is InChI=1S/C24H28F4N2O4/c1-23(2,3)34-22(32)29-12-6-5-7-15-13-17(25)9-11-19(15)30-20-14-16(24(26,27)28)8-10-18(20)21(31)33-4/h8-11,13-14,30H,5-7,12H2,1-4H3,(H,29,32). The first kappa shape index (κ1) is 26.9. The molecule has 0 saturated heterocycles. The highest BCUT2D eigenvalue weighted by molar-refractivity contribution is 5.96. The van der Waals surface area contributed by atoms with Crippen LogP contribution >= 0.6 is 0 Å². The molecule has 2 rings (SSSR count). The van der Waals surface area contributed by atoms with Gasteiger partial charge in [0, 0.05) is 12.2 Å². The summed E-state index contributed by atoms with van der Waals surface area (Å²) in [4.78, 5) is 23.8. The van der Waals surface area contributed by atoms with Crippen LogP contribution in [-0.2, 0) is 22.1 Å². The molecule has 186 valence electrons. The third-order valence-corrected chi connectivity index (χ3v) is 4.63. The number of amides is 1. The van der Waals surface area contributed by atoms with Crippen LogP contribution in [0.1, 0.15) is 55.1 Å². The van der Waals surface area contributed by atoms with Crippen LogP contribution in [0.4, 0.5) is 33.7 Å². The Balaban J connectivity index is 2.14. The molecule has 34 heavy (non-hydrogen) atoms. The van der Waals surface area contributed by atoms with Gasteiger partial charge < -0.3 is 20.1 Å². The predicted molar refractivity (Wildman–Crippen MR) is 120 cm³/mol.